The number of hydrogen-bond donors (Lipinski definition) is 1. The first-order chi connectivity index (χ1) is 10.2. The SMILES string of the molecule is O=C(NC1CCCCC1)c1ccc(Cl)nc1N1CCCC1. The highest BCUT2D eigenvalue weighted by Crippen LogP contribution is 2.25. The van der Waals surface area contributed by atoms with Gasteiger partial charge >= 0.3 is 0 Å². The summed E-state index contributed by atoms with van der Waals surface area (Å²) >= 11 is 6.02. The average molecular weight is 308 g/mol. The molecule has 1 saturated heterocycles. The van der Waals surface area contributed by atoms with Crippen molar-refractivity contribution in [3.05, 3.63) is 22.8 Å². The quantitative estimate of drug-likeness (QED) is 0.871. The summed E-state index contributed by atoms with van der Waals surface area (Å²) in [5, 5.41) is 3.62. The number of nitrogens with one attached hydrogen (secondary N) is 1. The first-order valence-electron chi connectivity index (χ1n) is 7.96. The van der Waals surface area contributed by atoms with E-state index in [-0.39, 0.29) is 5.91 Å². The van der Waals surface area contributed by atoms with Gasteiger partial charge in [-0.3, -0.25) is 4.79 Å². The third-order valence-corrected chi connectivity index (χ3v) is 4.64. The predicted octanol–water partition coefficient (Wildman–Crippen LogP) is 3.40. The van der Waals surface area contributed by atoms with Gasteiger partial charge in [0, 0.05) is 19.1 Å². The summed E-state index contributed by atoms with van der Waals surface area (Å²) < 4.78 is 0. The molecule has 0 aromatic carbocycles. The van der Waals surface area contributed by atoms with Gasteiger partial charge in [0.1, 0.15) is 11.0 Å². The number of aromatic nitrogens is 1. The number of carbonyl (C=O) groups is 1. The van der Waals surface area contributed by atoms with Crippen molar-refractivity contribution in [1.82, 2.24) is 10.3 Å². The molecule has 1 aliphatic carbocycles. The van der Waals surface area contributed by atoms with Crippen molar-refractivity contribution < 1.29 is 4.79 Å². The van der Waals surface area contributed by atoms with Crippen LogP contribution in [0.5, 0.6) is 0 Å². The van der Waals surface area contributed by atoms with Crippen molar-refractivity contribution in [3.63, 3.8) is 0 Å². The van der Waals surface area contributed by atoms with Crippen LogP contribution >= 0.6 is 11.6 Å². The number of nitrogens with zero attached hydrogens (tertiary/aromatic N) is 2. The van der Waals surface area contributed by atoms with Crippen LogP contribution in [0.15, 0.2) is 12.1 Å². The van der Waals surface area contributed by atoms with Crippen LogP contribution in [0.3, 0.4) is 0 Å². The molecule has 114 valence electrons. The van der Waals surface area contributed by atoms with Gasteiger partial charge in [-0.2, -0.15) is 0 Å². The average Bonchev–Trinajstić information content (AvgIpc) is 3.02. The van der Waals surface area contributed by atoms with E-state index in [1.54, 1.807) is 12.1 Å². The molecule has 4 nitrogen and oxygen atoms in total. The second-order valence-corrected chi connectivity index (χ2v) is 6.39. The van der Waals surface area contributed by atoms with Gasteiger partial charge in [-0.1, -0.05) is 30.9 Å². The zero-order valence-corrected chi connectivity index (χ0v) is 13.0. The van der Waals surface area contributed by atoms with Gasteiger partial charge in [0.2, 0.25) is 0 Å². The molecule has 1 aromatic heterocycles. The Labute approximate surface area is 130 Å². The van der Waals surface area contributed by atoms with E-state index >= 15 is 0 Å². The maximum atomic E-state index is 12.6. The van der Waals surface area contributed by atoms with E-state index in [1.165, 1.54) is 19.3 Å². The second-order valence-electron chi connectivity index (χ2n) is 6.01. The second kappa shape index (κ2) is 6.65. The molecule has 0 atom stereocenters. The maximum Gasteiger partial charge on any atom is 0.255 e. The zero-order valence-electron chi connectivity index (χ0n) is 12.3. The lowest BCUT2D eigenvalue weighted by Gasteiger charge is -2.24. The lowest BCUT2D eigenvalue weighted by Crippen LogP contribution is -2.37. The highest BCUT2D eigenvalue weighted by atomic mass is 35.5. The van der Waals surface area contributed by atoms with E-state index in [9.17, 15) is 4.79 Å². The van der Waals surface area contributed by atoms with Crippen molar-refractivity contribution in [2.24, 2.45) is 0 Å². The van der Waals surface area contributed by atoms with Crippen LogP contribution in [0.25, 0.3) is 0 Å². The van der Waals surface area contributed by atoms with Gasteiger partial charge in [-0.15, -0.1) is 0 Å². The van der Waals surface area contributed by atoms with Gasteiger partial charge in [-0.05, 0) is 37.8 Å². The summed E-state index contributed by atoms with van der Waals surface area (Å²) in [6.45, 7) is 1.91. The summed E-state index contributed by atoms with van der Waals surface area (Å²) in [6, 6.07) is 3.83. The van der Waals surface area contributed by atoms with Gasteiger partial charge in [0.15, 0.2) is 0 Å². The van der Waals surface area contributed by atoms with Crippen LogP contribution in [0.4, 0.5) is 5.82 Å². The molecular weight excluding hydrogens is 286 g/mol. The van der Waals surface area contributed by atoms with Crippen LogP contribution < -0.4 is 10.2 Å². The Morgan fingerprint density at radius 2 is 1.86 bits per heavy atom. The zero-order chi connectivity index (χ0) is 14.7. The summed E-state index contributed by atoms with van der Waals surface area (Å²) in [5.41, 5.74) is 0.659. The van der Waals surface area contributed by atoms with E-state index in [0.717, 1.165) is 44.6 Å². The van der Waals surface area contributed by atoms with E-state index in [2.05, 4.69) is 15.2 Å². The largest absolute Gasteiger partial charge is 0.356 e. The first-order valence-corrected chi connectivity index (χ1v) is 8.34. The van der Waals surface area contributed by atoms with Crippen LogP contribution in [0.2, 0.25) is 5.15 Å². The summed E-state index contributed by atoms with van der Waals surface area (Å²) in [4.78, 5) is 19.1. The fourth-order valence-corrected chi connectivity index (χ4v) is 3.43. The molecule has 1 aromatic rings. The van der Waals surface area contributed by atoms with Crippen molar-refractivity contribution in [2.75, 3.05) is 18.0 Å². The number of carbonyl (C=O) groups excluding carboxylic acids is 1. The maximum absolute atomic E-state index is 12.6. The van der Waals surface area contributed by atoms with Gasteiger partial charge < -0.3 is 10.2 Å². The molecule has 5 heteroatoms. The molecule has 0 spiro atoms. The smallest absolute Gasteiger partial charge is 0.255 e. The number of halogens is 1. The molecule has 3 rings (SSSR count). The van der Waals surface area contributed by atoms with Crippen LogP contribution in [-0.2, 0) is 0 Å². The van der Waals surface area contributed by atoms with Crippen LogP contribution in [-0.4, -0.2) is 30.0 Å². The number of hydrogen-bond acceptors (Lipinski definition) is 3. The van der Waals surface area contributed by atoms with Crippen molar-refractivity contribution in [3.8, 4) is 0 Å². The fourth-order valence-electron chi connectivity index (χ4n) is 3.28. The third-order valence-electron chi connectivity index (χ3n) is 4.43. The molecule has 1 saturated carbocycles. The highest BCUT2D eigenvalue weighted by molar-refractivity contribution is 6.29. The molecule has 2 heterocycles. The Morgan fingerprint density at radius 1 is 1.14 bits per heavy atom. The standard InChI is InChI=1S/C16H22ClN3O/c17-14-9-8-13(15(19-14)20-10-4-5-11-20)16(21)18-12-6-2-1-3-7-12/h8-9,12H,1-7,10-11H2,(H,18,21). The summed E-state index contributed by atoms with van der Waals surface area (Å²) in [5.74, 6) is 0.737. The van der Waals surface area contributed by atoms with E-state index in [4.69, 9.17) is 11.6 Å². The minimum Gasteiger partial charge on any atom is -0.356 e. The number of amides is 1. The molecule has 1 N–H and O–H groups in total. The number of pyridine rings is 1. The summed E-state index contributed by atoms with van der Waals surface area (Å²) in [7, 11) is 0. The molecule has 1 amide bonds. The first kappa shape index (κ1) is 14.6. The van der Waals surface area contributed by atoms with E-state index < -0.39 is 0 Å². The molecule has 0 radical (unpaired) electrons. The minimum absolute atomic E-state index is 0.00651. The van der Waals surface area contributed by atoms with Crippen molar-refractivity contribution >= 4 is 23.3 Å². The Hall–Kier alpha value is -1.29. The third kappa shape index (κ3) is 3.49. The Balaban J connectivity index is 1.77. The molecule has 2 aliphatic rings. The monoisotopic (exact) mass is 307 g/mol. The lowest BCUT2D eigenvalue weighted by molar-refractivity contribution is 0.0928. The van der Waals surface area contributed by atoms with E-state index in [0.29, 0.717) is 16.8 Å². The Kier molecular flexibility index (Phi) is 4.63. The van der Waals surface area contributed by atoms with Gasteiger partial charge in [0.05, 0.1) is 5.56 Å². The molecule has 2 fully saturated rings. The highest BCUT2D eigenvalue weighted by Gasteiger charge is 2.23. The number of anilines is 1. The van der Waals surface area contributed by atoms with Gasteiger partial charge in [-0.25, -0.2) is 4.98 Å². The number of rotatable bonds is 3. The molecular formula is C16H22ClN3O. The van der Waals surface area contributed by atoms with E-state index in [1.807, 2.05) is 0 Å². The molecule has 21 heavy (non-hydrogen) atoms. The fraction of sp³-hybridized carbons (Fsp3) is 0.625. The lowest BCUT2D eigenvalue weighted by atomic mass is 9.95. The summed E-state index contributed by atoms with van der Waals surface area (Å²) in [6.07, 6.45) is 8.19. The minimum atomic E-state index is -0.00651. The van der Waals surface area contributed by atoms with Gasteiger partial charge in [0.25, 0.3) is 5.91 Å². The van der Waals surface area contributed by atoms with Crippen molar-refractivity contribution in [1.29, 1.82) is 0 Å². The molecule has 0 unspecified atom stereocenters. The normalized spacial score (nSPS) is 19.8. The molecule has 1 aliphatic heterocycles. The molecule has 0 bridgehead atoms. The Morgan fingerprint density at radius 3 is 2.57 bits per heavy atom. The Bertz CT molecular complexity index is 508. The topological polar surface area (TPSA) is 45.2 Å². The van der Waals surface area contributed by atoms with Crippen LogP contribution in [0.1, 0.15) is 55.3 Å². The predicted molar refractivity (Wildman–Crippen MR) is 85.0 cm³/mol. The van der Waals surface area contributed by atoms with Crippen LogP contribution in [0, 0.1) is 0 Å². The van der Waals surface area contributed by atoms with Crippen molar-refractivity contribution in [2.45, 2.75) is 51.0 Å².